The van der Waals surface area contributed by atoms with Gasteiger partial charge in [0.05, 0.1) is 25.4 Å². The van der Waals surface area contributed by atoms with Gasteiger partial charge >= 0.3 is 6.09 Å². The van der Waals surface area contributed by atoms with E-state index < -0.39 is 11.1 Å². The van der Waals surface area contributed by atoms with Gasteiger partial charge in [0.2, 0.25) is 0 Å². The van der Waals surface area contributed by atoms with Gasteiger partial charge in [0, 0.05) is 12.1 Å². The van der Waals surface area contributed by atoms with Crippen LogP contribution in [0.2, 0.25) is 0 Å². The molecule has 1 aliphatic carbocycles. The molecule has 1 aliphatic heterocycles. The number of nitrogens with two attached hydrogens (primary N) is 1. The summed E-state index contributed by atoms with van der Waals surface area (Å²) in [5, 5.41) is 9.40. The number of ether oxygens (including phenoxy) is 2. The first-order valence-electron chi connectivity index (χ1n) is 6.76. The van der Waals surface area contributed by atoms with E-state index >= 15 is 0 Å². The van der Waals surface area contributed by atoms with Gasteiger partial charge < -0.3 is 25.2 Å². The first-order valence-corrected chi connectivity index (χ1v) is 6.76. The van der Waals surface area contributed by atoms with Crippen LogP contribution in [0.15, 0.2) is 0 Å². The largest absolute Gasteiger partial charge is 0.444 e. The normalized spacial score (nSPS) is 35.7. The van der Waals surface area contributed by atoms with Gasteiger partial charge in [-0.25, -0.2) is 4.79 Å². The van der Waals surface area contributed by atoms with E-state index in [-0.39, 0.29) is 18.3 Å². The number of aliphatic hydroxyl groups is 1. The Balaban J connectivity index is 1.92. The van der Waals surface area contributed by atoms with Crippen molar-refractivity contribution in [3.8, 4) is 0 Å². The number of amides is 1. The summed E-state index contributed by atoms with van der Waals surface area (Å²) in [5.41, 5.74) is 5.18. The molecular weight excluding hydrogens is 248 g/mol. The maximum atomic E-state index is 12.0. The zero-order chi connectivity index (χ0) is 14.3. The molecular formula is C13H24N2O4. The highest BCUT2D eigenvalue weighted by atomic mass is 16.6. The summed E-state index contributed by atoms with van der Waals surface area (Å²) in [7, 11) is 0. The van der Waals surface area contributed by atoms with Crippen molar-refractivity contribution < 1.29 is 19.4 Å². The highest BCUT2D eigenvalue weighted by Crippen LogP contribution is 2.35. The second kappa shape index (κ2) is 4.92. The van der Waals surface area contributed by atoms with Gasteiger partial charge in [-0.2, -0.15) is 0 Å². The van der Waals surface area contributed by atoms with Crippen molar-refractivity contribution in [3.63, 3.8) is 0 Å². The highest BCUT2D eigenvalue weighted by molar-refractivity contribution is 5.68. The first kappa shape index (κ1) is 14.6. The lowest BCUT2D eigenvalue weighted by Crippen LogP contribution is -2.67. The maximum Gasteiger partial charge on any atom is 0.410 e. The number of carbonyl (C=O) groups is 1. The Morgan fingerprint density at radius 3 is 2.63 bits per heavy atom. The predicted molar refractivity (Wildman–Crippen MR) is 69.7 cm³/mol. The van der Waals surface area contributed by atoms with Crippen LogP contribution in [0.5, 0.6) is 0 Å². The van der Waals surface area contributed by atoms with Crippen LogP contribution < -0.4 is 5.73 Å². The molecule has 0 aromatic heterocycles. The Morgan fingerprint density at radius 1 is 1.47 bits per heavy atom. The van der Waals surface area contributed by atoms with Crippen LogP contribution >= 0.6 is 0 Å². The molecule has 0 aromatic rings. The van der Waals surface area contributed by atoms with E-state index in [2.05, 4.69) is 0 Å². The van der Waals surface area contributed by atoms with Gasteiger partial charge in [-0.05, 0) is 33.6 Å². The van der Waals surface area contributed by atoms with Gasteiger partial charge in [-0.3, -0.25) is 0 Å². The van der Waals surface area contributed by atoms with E-state index in [0.717, 1.165) is 0 Å². The van der Waals surface area contributed by atoms with E-state index in [1.54, 1.807) is 4.90 Å². The van der Waals surface area contributed by atoms with Crippen LogP contribution in [-0.4, -0.2) is 59.1 Å². The van der Waals surface area contributed by atoms with E-state index in [1.165, 1.54) is 0 Å². The third-order valence-corrected chi connectivity index (χ3v) is 3.59. The molecule has 19 heavy (non-hydrogen) atoms. The van der Waals surface area contributed by atoms with Crippen molar-refractivity contribution in [3.05, 3.63) is 0 Å². The van der Waals surface area contributed by atoms with Gasteiger partial charge in [0.1, 0.15) is 5.60 Å². The quantitative estimate of drug-likeness (QED) is 0.725. The SMILES string of the molecule is CC(C)(C)OC(=O)N1CCOC(C2(N)CC(O)C2)C1. The lowest BCUT2D eigenvalue weighted by atomic mass is 9.71. The van der Waals surface area contributed by atoms with E-state index in [4.69, 9.17) is 15.2 Å². The smallest absolute Gasteiger partial charge is 0.410 e. The molecule has 6 nitrogen and oxygen atoms in total. The minimum atomic E-state index is -0.514. The van der Waals surface area contributed by atoms with Crippen LogP contribution in [0.25, 0.3) is 0 Å². The van der Waals surface area contributed by atoms with Crippen LogP contribution in [0.1, 0.15) is 33.6 Å². The molecule has 0 aromatic carbocycles. The van der Waals surface area contributed by atoms with Gasteiger partial charge in [0.15, 0.2) is 0 Å². The molecule has 6 heteroatoms. The van der Waals surface area contributed by atoms with Crippen molar-refractivity contribution in [2.75, 3.05) is 19.7 Å². The van der Waals surface area contributed by atoms with E-state index in [1.807, 2.05) is 20.8 Å². The number of nitrogens with zero attached hydrogens (tertiary/aromatic N) is 1. The molecule has 110 valence electrons. The number of morpholine rings is 1. The molecule has 2 fully saturated rings. The van der Waals surface area contributed by atoms with E-state index in [0.29, 0.717) is 32.5 Å². The molecule has 0 spiro atoms. The fraction of sp³-hybridized carbons (Fsp3) is 0.923. The monoisotopic (exact) mass is 272 g/mol. The number of aliphatic hydroxyl groups excluding tert-OH is 1. The van der Waals surface area contributed by atoms with Gasteiger partial charge in [-0.1, -0.05) is 0 Å². The van der Waals surface area contributed by atoms with Crippen molar-refractivity contribution in [1.29, 1.82) is 0 Å². The average molecular weight is 272 g/mol. The Kier molecular flexibility index (Phi) is 3.77. The van der Waals surface area contributed by atoms with Crippen molar-refractivity contribution in [2.24, 2.45) is 5.73 Å². The Hall–Kier alpha value is -0.850. The summed E-state index contributed by atoms with van der Waals surface area (Å²) in [4.78, 5) is 13.7. The van der Waals surface area contributed by atoms with Gasteiger partial charge in [0.25, 0.3) is 0 Å². The Labute approximate surface area is 113 Å². The zero-order valence-electron chi connectivity index (χ0n) is 11.9. The molecule has 1 unspecified atom stereocenters. The number of carbonyl (C=O) groups excluding carboxylic acids is 1. The lowest BCUT2D eigenvalue weighted by molar-refractivity contribution is -0.115. The van der Waals surface area contributed by atoms with Gasteiger partial charge in [-0.15, -0.1) is 0 Å². The van der Waals surface area contributed by atoms with Crippen LogP contribution in [-0.2, 0) is 9.47 Å². The molecule has 1 heterocycles. The number of hydrogen-bond acceptors (Lipinski definition) is 5. The molecule has 1 amide bonds. The third kappa shape index (κ3) is 3.38. The highest BCUT2D eigenvalue weighted by Gasteiger charge is 2.49. The molecule has 2 aliphatic rings. The van der Waals surface area contributed by atoms with E-state index in [9.17, 15) is 9.90 Å². The molecule has 0 bridgehead atoms. The van der Waals surface area contributed by atoms with Crippen LogP contribution in [0.3, 0.4) is 0 Å². The zero-order valence-corrected chi connectivity index (χ0v) is 11.9. The van der Waals surface area contributed by atoms with Crippen molar-refractivity contribution in [1.82, 2.24) is 4.90 Å². The first-order chi connectivity index (χ1) is 8.70. The minimum absolute atomic E-state index is 0.225. The summed E-state index contributed by atoms with van der Waals surface area (Å²) >= 11 is 0. The average Bonchev–Trinajstić information content (AvgIpc) is 2.25. The molecule has 1 saturated heterocycles. The maximum absolute atomic E-state index is 12.0. The molecule has 1 saturated carbocycles. The Bertz CT molecular complexity index is 347. The molecule has 3 N–H and O–H groups in total. The third-order valence-electron chi connectivity index (χ3n) is 3.59. The fourth-order valence-electron chi connectivity index (χ4n) is 2.57. The molecule has 2 rings (SSSR count). The fourth-order valence-corrected chi connectivity index (χ4v) is 2.57. The predicted octanol–water partition coefficient (Wildman–Crippen LogP) is 0.474. The lowest BCUT2D eigenvalue weighted by Gasteiger charge is -2.50. The summed E-state index contributed by atoms with van der Waals surface area (Å²) in [5.74, 6) is 0. The summed E-state index contributed by atoms with van der Waals surface area (Å²) in [6.45, 7) is 6.93. The topological polar surface area (TPSA) is 85.0 Å². The van der Waals surface area contributed by atoms with Crippen LogP contribution in [0.4, 0.5) is 4.79 Å². The second-order valence-electron chi connectivity index (χ2n) is 6.58. The summed E-state index contributed by atoms with van der Waals surface area (Å²) in [6.07, 6.45) is 0.159. The number of hydrogen-bond donors (Lipinski definition) is 2. The summed E-state index contributed by atoms with van der Waals surface area (Å²) in [6, 6.07) is 0. The second-order valence-corrected chi connectivity index (χ2v) is 6.58. The van der Waals surface area contributed by atoms with Crippen molar-refractivity contribution >= 4 is 6.09 Å². The molecule has 1 atom stereocenters. The summed E-state index contributed by atoms with van der Waals surface area (Å²) < 4.78 is 11.0. The standard InChI is InChI=1S/C13H24N2O4/c1-12(2,3)19-11(17)15-4-5-18-10(8-15)13(14)6-9(16)7-13/h9-10,16H,4-8,14H2,1-3H3. The van der Waals surface area contributed by atoms with Crippen molar-refractivity contribution in [2.45, 2.75) is 57.0 Å². The minimum Gasteiger partial charge on any atom is -0.444 e. The number of rotatable bonds is 1. The Morgan fingerprint density at radius 2 is 2.11 bits per heavy atom. The molecule has 0 radical (unpaired) electrons. The van der Waals surface area contributed by atoms with Crippen LogP contribution in [0, 0.1) is 0 Å².